The van der Waals surface area contributed by atoms with Gasteiger partial charge in [-0.2, -0.15) is 0 Å². The van der Waals surface area contributed by atoms with Crippen LogP contribution in [0.4, 0.5) is 11.4 Å². The summed E-state index contributed by atoms with van der Waals surface area (Å²) in [5.74, 6) is 0.245. The van der Waals surface area contributed by atoms with Crippen LogP contribution in [0.15, 0.2) is 42.5 Å². The van der Waals surface area contributed by atoms with Crippen LogP contribution in [-0.4, -0.2) is 43.4 Å². The lowest BCUT2D eigenvalue weighted by Crippen LogP contribution is -2.32. The van der Waals surface area contributed by atoms with Crippen molar-refractivity contribution in [3.8, 4) is 11.5 Å². The van der Waals surface area contributed by atoms with E-state index in [0.29, 0.717) is 29.3 Å². The Balaban J connectivity index is 1.79. The van der Waals surface area contributed by atoms with Crippen LogP contribution in [0, 0.1) is 10.1 Å². The maximum absolute atomic E-state index is 11.9. The van der Waals surface area contributed by atoms with Gasteiger partial charge in [-0.15, -0.1) is 0 Å². The van der Waals surface area contributed by atoms with Gasteiger partial charge in [0.05, 0.1) is 12.0 Å². The molecule has 0 aliphatic rings. The molecule has 2 aromatic carbocycles. The van der Waals surface area contributed by atoms with Gasteiger partial charge in [-0.1, -0.05) is 12.1 Å². The highest BCUT2D eigenvalue weighted by molar-refractivity contribution is 5.94. The number of carbonyl (C=O) groups excluding carboxylic acids is 2. The maximum Gasteiger partial charge on any atom is 0.292 e. The van der Waals surface area contributed by atoms with Gasteiger partial charge < -0.3 is 20.1 Å². The molecule has 9 nitrogen and oxygen atoms in total. The highest BCUT2D eigenvalue weighted by atomic mass is 16.6. The lowest BCUT2D eigenvalue weighted by molar-refractivity contribution is -0.384. The van der Waals surface area contributed by atoms with Gasteiger partial charge in [-0.05, 0) is 31.2 Å². The average molecular weight is 387 g/mol. The molecule has 0 radical (unpaired) electrons. The molecule has 0 spiro atoms. The molecular weight excluding hydrogens is 366 g/mol. The number of nitro benzene ring substituents is 1. The molecule has 2 N–H and O–H groups in total. The number of benzene rings is 2. The number of ether oxygens (including phenoxy) is 2. The summed E-state index contributed by atoms with van der Waals surface area (Å²) in [5.41, 5.74) is 0.835. The van der Waals surface area contributed by atoms with Crippen molar-refractivity contribution < 1.29 is 24.0 Å². The van der Waals surface area contributed by atoms with Gasteiger partial charge in [0.1, 0.15) is 5.69 Å². The topological polar surface area (TPSA) is 120 Å². The van der Waals surface area contributed by atoms with Crippen molar-refractivity contribution in [2.24, 2.45) is 0 Å². The van der Waals surface area contributed by atoms with E-state index in [1.807, 2.05) is 0 Å². The zero-order valence-electron chi connectivity index (χ0n) is 15.6. The second kappa shape index (κ2) is 9.91. The van der Waals surface area contributed by atoms with Gasteiger partial charge in [-0.25, -0.2) is 0 Å². The van der Waals surface area contributed by atoms with Crippen molar-refractivity contribution >= 4 is 23.1 Å². The maximum atomic E-state index is 11.9. The normalized spacial score (nSPS) is 10.1. The molecule has 0 bridgehead atoms. The number of rotatable bonds is 10. The van der Waals surface area contributed by atoms with Crippen molar-refractivity contribution in [3.05, 3.63) is 58.1 Å². The fourth-order valence-corrected chi connectivity index (χ4v) is 2.38. The summed E-state index contributed by atoms with van der Waals surface area (Å²) in [6.07, 6.45) is 0. The van der Waals surface area contributed by atoms with Crippen LogP contribution in [0.1, 0.15) is 17.3 Å². The molecule has 0 atom stereocenters. The number of hydrogen-bond donors (Lipinski definition) is 2. The highest BCUT2D eigenvalue weighted by Crippen LogP contribution is 2.28. The Morgan fingerprint density at radius 1 is 1.11 bits per heavy atom. The third kappa shape index (κ3) is 5.70. The molecule has 0 aliphatic carbocycles. The molecule has 0 fully saturated rings. The van der Waals surface area contributed by atoms with Gasteiger partial charge >= 0.3 is 0 Å². The number of hydrogen-bond acceptors (Lipinski definition) is 7. The first kappa shape index (κ1) is 20.7. The third-order valence-electron chi connectivity index (χ3n) is 3.79. The smallest absolute Gasteiger partial charge is 0.292 e. The molecule has 0 aromatic heterocycles. The Bertz CT molecular complexity index is 868. The van der Waals surface area contributed by atoms with Crippen LogP contribution < -0.4 is 20.1 Å². The standard InChI is InChI=1S/C19H21N3O6/c1-13(23)14-7-8-17(18(11-14)27-2)28-12-19(24)21-10-9-20-15-5-3-4-6-16(15)22(25)26/h3-8,11,20H,9-10,12H2,1-2H3,(H,21,24). The van der Waals surface area contributed by atoms with E-state index in [2.05, 4.69) is 10.6 Å². The van der Waals surface area contributed by atoms with Crippen molar-refractivity contribution in [3.63, 3.8) is 0 Å². The van der Waals surface area contributed by atoms with Gasteiger partial charge in [0.25, 0.3) is 11.6 Å². The number of methoxy groups -OCH3 is 1. The number of nitro groups is 1. The SMILES string of the molecule is COc1cc(C(C)=O)ccc1OCC(=O)NCCNc1ccccc1[N+](=O)[O-]. The zero-order chi connectivity index (χ0) is 20.5. The van der Waals surface area contributed by atoms with E-state index >= 15 is 0 Å². The quantitative estimate of drug-likeness (QED) is 0.278. The minimum absolute atomic E-state index is 0.0294. The lowest BCUT2D eigenvalue weighted by atomic mass is 10.1. The second-order valence-corrected chi connectivity index (χ2v) is 5.76. The summed E-state index contributed by atoms with van der Waals surface area (Å²) < 4.78 is 10.6. The third-order valence-corrected chi connectivity index (χ3v) is 3.79. The van der Waals surface area contributed by atoms with Crippen LogP contribution in [0.25, 0.3) is 0 Å². The largest absolute Gasteiger partial charge is 0.493 e. The molecule has 9 heteroatoms. The number of amides is 1. The molecule has 0 heterocycles. The van der Waals surface area contributed by atoms with E-state index in [1.54, 1.807) is 36.4 Å². The molecule has 148 valence electrons. The average Bonchev–Trinajstić information content (AvgIpc) is 2.69. The molecule has 0 unspecified atom stereocenters. The summed E-state index contributed by atoms with van der Waals surface area (Å²) in [7, 11) is 1.45. The molecule has 0 saturated carbocycles. The van der Waals surface area contributed by atoms with Crippen LogP contribution in [0.3, 0.4) is 0 Å². The fraction of sp³-hybridized carbons (Fsp3) is 0.263. The van der Waals surface area contributed by atoms with E-state index in [1.165, 1.54) is 20.1 Å². The fourth-order valence-electron chi connectivity index (χ4n) is 2.38. The van der Waals surface area contributed by atoms with E-state index < -0.39 is 4.92 Å². The highest BCUT2D eigenvalue weighted by Gasteiger charge is 2.12. The predicted molar refractivity (Wildman–Crippen MR) is 103 cm³/mol. The summed E-state index contributed by atoms with van der Waals surface area (Å²) in [5, 5.41) is 16.5. The predicted octanol–water partition coefficient (Wildman–Crippen LogP) is 2.41. The van der Waals surface area contributed by atoms with E-state index in [9.17, 15) is 19.7 Å². The van der Waals surface area contributed by atoms with E-state index in [-0.39, 0.29) is 30.5 Å². The van der Waals surface area contributed by atoms with Crippen LogP contribution in [0.5, 0.6) is 11.5 Å². The monoisotopic (exact) mass is 387 g/mol. The molecule has 28 heavy (non-hydrogen) atoms. The number of nitrogens with zero attached hydrogens (tertiary/aromatic N) is 1. The Hall–Kier alpha value is -3.62. The first-order valence-corrected chi connectivity index (χ1v) is 8.48. The van der Waals surface area contributed by atoms with Gasteiger partial charge in [0.15, 0.2) is 23.9 Å². The molecule has 1 amide bonds. The summed E-state index contributed by atoms with van der Waals surface area (Å²) in [4.78, 5) is 33.8. The van der Waals surface area contributed by atoms with Crippen molar-refractivity contribution in [2.75, 3.05) is 32.1 Å². The van der Waals surface area contributed by atoms with Crippen molar-refractivity contribution in [1.82, 2.24) is 5.32 Å². The van der Waals surface area contributed by atoms with Crippen molar-refractivity contribution in [2.45, 2.75) is 6.92 Å². The van der Waals surface area contributed by atoms with Gasteiger partial charge in [-0.3, -0.25) is 19.7 Å². The molecule has 0 saturated heterocycles. The molecule has 0 aliphatic heterocycles. The van der Waals surface area contributed by atoms with Crippen molar-refractivity contribution in [1.29, 1.82) is 0 Å². The Labute approximate surface area is 161 Å². The number of carbonyl (C=O) groups is 2. The number of ketones is 1. The van der Waals surface area contributed by atoms with Crippen LogP contribution in [-0.2, 0) is 4.79 Å². The second-order valence-electron chi connectivity index (χ2n) is 5.76. The summed E-state index contributed by atoms with van der Waals surface area (Å²) in [6.45, 7) is 1.78. The van der Waals surface area contributed by atoms with Gasteiger partial charge in [0, 0.05) is 24.7 Å². The van der Waals surface area contributed by atoms with E-state index in [4.69, 9.17) is 9.47 Å². The molecule has 2 aromatic rings. The molecular formula is C19H21N3O6. The Kier molecular flexibility index (Phi) is 7.32. The number of para-hydroxylation sites is 2. The molecule has 2 rings (SSSR count). The number of nitrogens with one attached hydrogen (secondary N) is 2. The number of anilines is 1. The van der Waals surface area contributed by atoms with Gasteiger partial charge in [0.2, 0.25) is 0 Å². The van der Waals surface area contributed by atoms with Crippen LogP contribution in [0.2, 0.25) is 0 Å². The lowest BCUT2D eigenvalue weighted by Gasteiger charge is -2.12. The Morgan fingerprint density at radius 2 is 1.86 bits per heavy atom. The first-order valence-electron chi connectivity index (χ1n) is 8.48. The van der Waals surface area contributed by atoms with Crippen LogP contribution >= 0.6 is 0 Å². The minimum Gasteiger partial charge on any atom is -0.493 e. The number of Topliss-reactive ketones (excluding diaryl/α,β-unsaturated/α-hetero) is 1. The van der Waals surface area contributed by atoms with E-state index in [0.717, 1.165) is 0 Å². The Morgan fingerprint density at radius 3 is 2.54 bits per heavy atom. The zero-order valence-corrected chi connectivity index (χ0v) is 15.6. The summed E-state index contributed by atoms with van der Waals surface area (Å²) >= 11 is 0. The first-order chi connectivity index (χ1) is 13.4. The summed E-state index contributed by atoms with van der Waals surface area (Å²) in [6, 6.07) is 11.0. The minimum atomic E-state index is -0.473.